The number of esters is 1. The number of halogens is 1. The summed E-state index contributed by atoms with van der Waals surface area (Å²) < 4.78 is 48.6. The SMILES string of the molecule is CNS(=O)(=O)c1cccc(C(=O)OCCOc2ccc(F)cc2)c1. The molecule has 0 amide bonds. The van der Waals surface area contributed by atoms with Crippen LogP contribution in [0.25, 0.3) is 0 Å². The van der Waals surface area contributed by atoms with Gasteiger partial charge in [0.25, 0.3) is 0 Å². The molecule has 6 nitrogen and oxygen atoms in total. The second-order valence-electron chi connectivity index (χ2n) is 4.67. The lowest BCUT2D eigenvalue weighted by atomic mass is 10.2. The van der Waals surface area contributed by atoms with Gasteiger partial charge in [0.2, 0.25) is 10.0 Å². The fourth-order valence-corrected chi connectivity index (χ4v) is 2.59. The van der Waals surface area contributed by atoms with E-state index in [4.69, 9.17) is 9.47 Å². The Morgan fingerprint density at radius 2 is 1.83 bits per heavy atom. The van der Waals surface area contributed by atoms with E-state index < -0.39 is 16.0 Å². The van der Waals surface area contributed by atoms with E-state index in [1.54, 1.807) is 0 Å². The first kappa shape index (κ1) is 17.9. The van der Waals surface area contributed by atoms with Crippen LogP contribution in [0, 0.1) is 5.82 Å². The minimum absolute atomic E-state index is 0.0259. The number of carbonyl (C=O) groups excluding carboxylic acids is 1. The molecule has 2 aromatic carbocycles. The molecule has 0 aromatic heterocycles. The summed E-state index contributed by atoms with van der Waals surface area (Å²) in [5, 5.41) is 0. The Balaban J connectivity index is 1.89. The zero-order valence-electron chi connectivity index (χ0n) is 12.9. The second kappa shape index (κ2) is 7.89. The molecule has 0 aliphatic heterocycles. The van der Waals surface area contributed by atoms with Crippen molar-refractivity contribution < 1.29 is 27.1 Å². The fourth-order valence-electron chi connectivity index (χ4n) is 1.82. The summed E-state index contributed by atoms with van der Waals surface area (Å²) in [4.78, 5) is 11.9. The van der Waals surface area contributed by atoms with Gasteiger partial charge in [-0.1, -0.05) is 6.07 Å². The average Bonchev–Trinajstić information content (AvgIpc) is 2.60. The first-order valence-electron chi connectivity index (χ1n) is 7.01. The predicted octanol–water partition coefficient (Wildman–Crippen LogP) is 1.97. The van der Waals surface area contributed by atoms with Crippen LogP contribution < -0.4 is 9.46 Å². The molecule has 0 aliphatic carbocycles. The van der Waals surface area contributed by atoms with E-state index in [0.717, 1.165) is 0 Å². The van der Waals surface area contributed by atoms with E-state index in [9.17, 15) is 17.6 Å². The van der Waals surface area contributed by atoms with E-state index in [-0.39, 0.29) is 29.5 Å². The van der Waals surface area contributed by atoms with Gasteiger partial charge in [-0.2, -0.15) is 0 Å². The van der Waals surface area contributed by atoms with Crippen LogP contribution in [0.1, 0.15) is 10.4 Å². The highest BCUT2D eigenvalue weighted by Gasteiger charge is 2.15. The molecular weight excluding hydrogens is 337 g/mol. The molecule has 0 radical (unpaired) electrons. The van der Waals surface area contributed by atoms with Gasteiger partial charge in [-0.25, -0.2) is 22.3 Å². The number of hydrogen-bond acceptors (Lipinski definition) is 5. The van der Waals surface area contributed by atoms with Crippen molar-refractivity contribution in [3.8, 4) is 5.75 Å². The number of benzene rings is 2. The number of ether oxygens (including phenoxy) is 2. The molecule has 0 aliphatic rings. The van der Waals surface area contributed by atoms with E-state index >= 15 is 0 Å². The largest absolute Gasteiger partial charge is 0.490 e. The van der Waals surface area contributed by atoms with E-state index in [2.05, 4.69) is 4.72 Å². The fraction of sp³-hybridized carbons (Fsp3) is 0.188. The van der Waals surface area contributed by atoms with Crippen molar-refractivity contribution in [3.63, 3.8) is 0 Å². The molecule has 2 rings (SSSR count). The monoisotopic (exact) mass is 353 g/mol. The lowest BCUT2D eigenvalue weighted by molar-refractivity contribution is 0.0450. The Morgan fingerprint density at radius 3 is 2.50 bits per heavy atom. The van der Waals surface area contributed by atoms with Gasteiger partial charge >= 0.3 is 5.97 Å². The summed E-state index contributed by atoms with van der Waals surface area (Å²) in [5.74, 6) is -0.578. The second-order valence-corrected chi connectivity index (χ2v) is 6.56. The van der Waals surface area contributed by atoms with Crippen molar-refractivity contribution in [1.29, 1.82) is 0 Å². The minimum Gasteiger partial charge on any atom is -0.490 e. The Hall–Kier alpha value is -2.45. The van der Waals surface area contributed by atoms with Crippen LogP contribution in [0.15, 0.2) is 53.4 Å². The van der Waals surface area contributed by atoms with Crippen molar-refractivity contribution in [2.24, 2.45) is 0 Å². The minimum atomic E-state index is -3.63. The molecule has 1 N–H and O–H groups in total. The predicted molar refractivity (Wildman–Crippen MR) is 84.9 cm³/mol. The maximum Gasteiger partial charge on any atom is 0.338 e. The first-order valence-corrected chi connectivity index (χ1v) is 8.50. The Kier molecular flexibility index (Phi) is 5.88. The molecule has 0 saturated carbocycles. The van der Waals surface area contributed by atoms with Crippen molar-refractivity contribution >= 4 is 16.0 Å². The summed E-state index contributed by atoms with van der Waals surface area (Å²) >= 11 is 0. The smallest absolute Gasteiger partial charge is 0.338 e. The number of sulfonamides is 1. The van der Waals surface area contributed by atoms with Crippen molar-refractivity contribution in [1.82, 2.24) is 4.72 Å². The Bertz CT molecular complexity index is 805. The molecule has 0 fully saturated rings. The zero-order valence-corrected chi connectivity index (χ0v) is 13.7. The van der Waals surface area contributed by atoms with Gasteiger partial charge in [0.15, 0.2) is 0 Å². The number of carbonyl (C=O) groups is 1. The third kappa shape index (κ3) is 4.77. The molecule has 8 heteroatoms. The van der Waals surface area contributed by atoms with Gasteiger partial charge in [-0.15, -0.1) is 0 Å². The van der Waals surface area contributed by atoms with Gasteiger partial charge in [-0.3, -0.25) is 0 Å². The number of hydrogen-bond donors (Lipinski definition) is 1. The van der Waals surface area contributed by atoms with Crippen LogP contribution in [0.2, 0.25) is 0 Å². The summed E-state index contributed by atoms with van der Waals surface area (Å²) in [5.41, 5.74) is 0.119. The highest BCUT2D eigenvalue weighted by atomic mass is 32.2. The van der Waals surface area contributed by atoms with Gasteiger partial charge in [-0.05, 0) is 49.5 Å². The Morgan fingerprint density at radius 1 is 1.12 bits per heavy atom. The molecule has 24 heavy (non-hydrogen) atoms. The molecule has 2 aromatic rings. The van der Waals surface area contributed by atoms with Gasteiger partial charge in [0.1, 0.15) is 24.8 Å². The molecule has 0 atom stereocenters. The lowest BCUT2D eigenvalue weighted by Crippen LogP contribution is -2.19. The maximum atomic E-state index is 12.7. The number of rotatable bonds is 7. The molecule has 0 bridgehead atoms. The van der Waals surface area contributed by atoms with Gasteiger partial charge in [0.05, 0.1) is 10.5 Å². The third-order valence-corrected chi connectivity index (χ3v) is 4.46. The average molecular weight is 353 g/mol. The van der Waals surface area contributed by atoms with E-state index in [1.165, 1.54) is 55.6 Å². The van der Waals surface area contributed by atoms with Gasteiger partial charge in [0, 0.05) is 0 Å². The highest BCUT2D eigenvalue weighted by Crippen LogP contribution is 2.13. The van der Waals surface area contributed by atoms with Crippen molar-refractivity contribution in [3.05, 3.63) is 59.9 Å². The zero-order chi connectivity index (χ0) is 17.6. The molecule has 0 spiro atoms. The van der Waals surface area contributed by atoms with E-state index in [0.29, 0.717) is 5.75 Å². The summed E-state index contributed by atoms with van der Waals surface area (Å²) in [6.45, 7) is 0.0606. The highest BCUT2D eigenvalue weighted by molar-refractivity contribution is 7.89. The molecule has 128 valence electrons. The standard InChI is InChI=1S/C16H16FNO5S/c1-18-24(20,21)15-4-2-3-12(11-15)16(19)23-10-9-22-14-7-5-13(17)6-8-14/h2-8,11,18H,9-10H2,1H3. The van der Waals surface area contributed by atoms with Crippen LogP contribution in [0.5, 0.6) is 5.75 Å². The summed E-state index contributed by atoms with van der Waals surface area (Å²) in [6.07, 6.45) is 0. The summed E-state index contributed by atoms with van der Waals surface area (Å²) in [6, 6.07) is 11.0. The van der Waals surface area contributed by atoms with Crippen LogP contribution in [-0.2, 0) is 14.8 Å². The maximum absolute atomic E-state index is 12.7. The van der Waals surface area contributed by atoms with Gasteiger partial charge < -0.3 is 9.47 Å². The van der Waals surface area contributed by atoms with Crippen molar-refractivity contribution in [2.45, 2.75) is 4.90 Å². The summed E-state index contributed by atoms with van der Waals surface area (Å²) in [7, 11) is -2.35. The van der Waals surface area contributed by atoms with Crippen LogP contribution in [0.3, 0.4) is 0 Å². The Labute approximate surface area is 139 Å². The van der Waals surface area contributed by atoms with Crippen LogP contribution in [-0.4, -0.2) is 34.6 Å². The molecular formula is C16H16FNO5S. The van der Waals surface area contributed by atoms with Crippen LogP contribution >= 0.6 is 0 Å². The normalized spacial score (nSPS) is 11.1. The third-order valence-electron chi connectivity index (χ3n) is 3.05. The first-order chi connectivity index (χ1) is 11.4. The molecule has 0 saturated heterocycles. The quantitative estimate of drug-likeness (QED) is 0.608. The van der Waals surface area contributed by atoms with Crippen molar-refractivity contribution in [2.75, 3.05) is 20.3 Å². The lowest BCUT2D eigenvalue weighted by Gasteiger charge is -2.08. The number of nitrogens with one attached hydrogen (secondary N) is 1. The topological polar surface area (TPSA) is 81.7 Å². The van der Waals surface area contributed by atoms with Crippen LogP contribution in [0.4, 0.5) is 4.39 Å². The molecule has 0 heterocycles. The van der Waals surface area contributed by atoms with E-state index in [1.807, 2.05) is 0 Å². The molecule has 0 unspecified atom stereocenters.